The molecule has 0 saturated heterocycles. The molecule has 0 aliphatic heterocycles. The maximum atomic E-state index is 10.7. The molecule has 0 spiro atoms. The smallest absolute Gasteiger partial charge is 0.210 e. The summed E-state index contributed by atoms with van der Waals surface area (Å²) in [5.74, 6) is 0. The molecule has 0 heterocycles. The van der Waals surface area contributed by atoms with E-state index in [1.54, 1.807) is 7.05 Å². The lowest BCUT2D eigenvalue weighted by Crippen LogP contribution is -2.26. The summed E-state index contributed by atoms with van der Waals surface area (Å²) in [6.45, 7) is 0.587. The number of halogens is 1. The average molecular weight is 230 g/mol. The first-order valence-electron chi connectivity index (χ1n) is 2.95. The molecule has 0 bridgehead atoms. The van der Waals surface area contributed by atoms with Crippen LogP contribution in [0.25, 0.3) is 0 Å². The molecule has 10 heavy (non-hydrogen) atoms. The lowest BCUT2D eigenvalue weighted by Gasteiger charge is -2.11. The van der Waals surface area contributed by atoms with Gasteiger partial charge in [0.05, 0.1) is 6.26 Å². The maximum absolute atomic E-state index is 10.7. The second kappa shape index (κ2) is 4.31. The second-order valence-corrected chi connectivity index (χ2v) is 5.01. The molecule has 62 valence electrons. The zero-order valence-corrected chi connectivity index (χ0v) is 8.57. The Morgan fingerprint density at radius 3 is 2.30 bits per heavy atom. The van der Waals surface area contributed by atoms with Gasteiger partial charge in [0.25, 0.3) is 0 Å². The van der Waals surface area contributed by atoms with E-state index < -0.39 is 10.0 Å². The van der Waals surface area contributed by atoms with Crippen LogP contribution in [0.4, 0.5) is 0 Å². The van der Waals surface area contributed by atoms with Crippen molar-refractivity contribution < 1.29 is 8.42 Å². The number of nitrogens with zero attached hydrogens (tertiary/aromatic N) is 1. The first-order valence-corrected chi connectivity index (χ1v) is 5.92. The van der Waals surface area contributed by atoms with Gasteiger partial charge < -0.3 is 0 Å². The molecular weight excluding hydrogens is 218 g/mol. The maximum Gasteiger partial charge on any atom is 0.210 e. The first kappa shape index (κ1) is 10.4. The van der Waals surface area contributed by atoms with Crippen LogP contribution in [0.5, 0.6) is 0 Å². The molecule has 0 fully saturated rings. The van der Waals surface area contributed by atoms with E-state index >= 15 is 0 Å². The minimum atomic E-state index is -2.96. The van der Waals surface area contributed by atoms with Gasteiger partial charge >= 0.3 is 0 Å². The van der Waals surface area contributed by atoms with E-state index in [1.165, 1.54) is 10.6 Å². The van der Waals surface area contributed by atoms with E-state index in [1.807, 2.05) is 0 Å². The van der Waals surface area contributed by atoms with Gasteiger partial charge in [-0.1, -0.05) is 15.9 Å². The van der Waals surface area contributed by atoms with Gasteiger partial charge in [0.2, 0.25) is 10.0 Å². The molecule has 0 aliphatic rings. The summed E-state index contributed by atoms with van der Waals surface area (Å²) in [6, 6.07) is 0. The van der Waals surface area contributed by atoms with Crippen molar-refractivity contribution >= 4 is 26.0 Å². The molecule has 0 rings (SSSR count). The zero-order valence-electron chi connectivity index (χ0n) is 6.17. The van der Waals surface area contributed by atoms with Crippen molar-refractivity contribution in [1.82, 2.24) is 4.31 Å². The van der Waals surface area contributed by atoms with Gasteiger partial charge in [0.1, 0.15) is 0 Å². The SMILES string of the molecule is CN(CCCBr)S(C)(=O)=O. The summed E-state index contributed by atoms with van der Waals surface area (Å²) in [5, 5.41) is 0.840. The van der Waals surface area contributed by atoms with Crippen molar-refractivity contribution in [3.63, 3.8) is 0 Å². The van der Waals surface area contributed by atoms with Crippen LogP contribution >= 0.6 is 15.9 Å². The van der Waals surface area contributed by atoms with E-state index in [-0.39, 0.29) is 0 Å². The number of alkyl halides is 1. The fourth-order valence-corrected chi connectivity index (χ4v) is 1.16. The number of hydrogen-bond donors (Lipinski definition) is 0. The Hall–Kier alpha value is 0.390. The van der Waals surface area contributed by atoms with Gasteiger partial charge in [-0.2, -0.15) is 0 Å². The van der Waals surface area contributed by atoms with Gasteiger partial charge in [0, 0.05) is 18.9 Å². The second-order valence-electron chi connectivity index (χ2n) is 2.13. The summed E-state index contributed by atoms with van der Waals surface area (Å²) >= 11 is 3.22. The third kappa shape index (κ3) is 4.24. The third-order valence-electron chi connectivity index (χ3n) is 1.17. The Kier molecular flexibility index (Phi) is 4.47. The van der Waals surface area contributed by atoms with Crippen LogP contribution in [0.15, 0.2) is 0 Å². The van der Waals surface area contributed by atoms with Crippen molar-refractivity contribution in [2.75, 3.05) is 25.2 Å². The number of rotatable bonds is 4. The van der Waals surface area contributed by atoms with Crippen molar-refractivity contribution in [1.29, 1.82) is 0 Å². The van der Waals surface area contributed by atoms with Gasteiger partial charge in [-0.25, -0.2) is 12.7 Å². The predicted molar refractivity (Wildman–Crippen MR) is 45.9 cm³/mol. The highest BCUT2D eigenvalue weighted by molar-refractivity contribution is 9.09. The highest BCUT2D eigenvalue weighted by atomic mass is 79.9. The van der Waals surface area contributed by atoms with Crippen LogP contribution in [0.1, 0.15) is 6.42 Å². The lowest BCUT2D eigenvalue weighted by molar-refractivity contribution is 0.475. The summed E-state index contributed by atoms with van der Waals surface area (Å²) in [5.41, 5.74) is 0. The Bertz CT molecular complexity index is 178. The van der Waals surface area contributed by atoms with Gasteiger partial charge in [-0.15, -0.1) is 0 Å². The number of sulfonamides is 1. The highest BCUT2D eigenvalue weighted by Crippen LogP contribution is 1.96. The average Bonchev–Trinajstić information content (AvgIpc) is 1.80. The van der Waals surface area contributed by atoms with Crippen LogP contribution in [-0.4, -0.2) is 37.9 Å². The van der Waals surface area contributed by atoms with Crippen LogP contribution in [0.2, 0.25) is 0 Å². The van der Waals surface area contributed by atoms with E-state index in [2.05, 4.69) is 15.9 Å². The van der Waals surface area contributed by atoms with Crippen molar-refractivity contribution in [3.05, 3.63) is 0 Å². The van der Waals surface area contributed by atoms with Gasteiger partial charge in [0.15, 0.2) is 0 Å². The summed E-state index contributed by atoms with van der Waals surface area (Å²) in [4.78, 5) is 0. The molecule has 0 aromatic rings. The molecule has 0 N–H and O–H groups in total. The molecule has 0 unspecified atom stereocenters. The minimum absolute atomic E-state index is 0.587. The van der Waals surface area contributed by atoms with Crippen molar-refractivity contribution in [2.45, 2.75) is 6.42 Å². The van der Waals surface area contributed by atoms with E-state index in [9.17, 15) is 8.42 Å². The molecule has 0 atom stereocenters. The fraction of sp³-hybridized carbons (Fsp3) is 1.00. The minimum Gasteiger partial charge on any atom is -0.213 e. The standard InChI is InChI=1S/C5H12BrNO2S/c1-7(5-3-4-6)10(2,8)9/h3-5H2,1-2H3. The monoisotopic (exact) mass is 229 g/mol. The van der Waals surface area contributed by atoms with Crippen molar-refractivity contribution in [3.8, 4) is 0 Å². The number of hydrogen-bond acceptors (Lipinski definition) is 2. The predicted octanol–water partition coefficient (Wildman–Crippen LogP) is 0.663. The van der Waals surface area contributed by atoms with Crippen molar-refractivity contribution in [2.24, 2.45) is 0 Å². The Balaban J connectivity index is 3.75. The van der Waals surface area contributed by atoms with E-state index in [0.717, 1.165) is 11.8 Å². The first-order chi connectivity index (χ1) is 4.48. The van der Waals surface area contributed by atoms with Crippen LogP contribution in [-0.2, 0) is 10.0 Å². The van der Waals surface area contributed by atoms with Gasteiger partial charge in [-0.05, 0) is 6.42 Å². The Morgan fingerprint density at radius 2 is 2.00 bits per heavy atom. The molecule has 3 nitrogen and oxygen atoms in total. The highest BCUT2D eigenvalue weighted by Gasteiger charge is 2.08. The quantitative estimate of drug-likeness (QED) is 0.665. The summed E-state index contributed by atoms with van der Waals surface area (Å²) in [7, 11) is -1.38. The molecule has 0 saturated carbocycles. The third-order valence-corrected chi connectivity index (χ3v) is 3.05. The molecule has 0 aromatic carbocycles. The van der Waals surface area contributed by atoms with Crippen LogP contribution < -0.4 is 0 Å². The largest absolute Gasteiger partial charge is 0.213 e. The molecule has 0 aromatic heterocycles. The summed E-state index contributed by atoms with van der Waals surface area (Å²) in [6.07, 6.45) is 2.06. The van der Waals surface area contributed by atoms with E-state index in [4.69, 9.17) is 0 Å². The van der Waals surface area contributed by atoms with Gasteiger partial charge in [-0.3, -0.25) is 0 Å². The van der Waals surface area contributed by atoms with Crippen LogP contribution in [0.3, 0.4) is 0 Å². The van der Waals surface area contributed by atoms with E-state index in [0.29, 0.717) is 6.54 Å². The Labute approximate surface area is 70.6 Å². The normalized spacial score (nSPS) is 12.4. The topological polar surface area (TPSA) is 37.4 Å². The Morgan fingerprint density at radius 1 is 1.50 bits per heavy atom. The fourth-order valence-electron chi connectivity index (χ4n) is 0.448. The lowest BCUT2D eigenvalue weighted by atomic mass is 10.5. The molecule has 0 amide bonds. The molecule has 5 heteroatoms. The van der Waals surface area contributed by atoms with Crippen LogP contribution in [0, 0.1) is 0 Å². The zero-order chi connectivity index (χ0) is 8.20. The molecular formula is C5H12BrNO2S. The molecule has 0 aliphatic carbocycles. The summed E-state index contributed by atoms with van der Waals surface area (Å²) < 4.78 is 22.8. The molecule has 0 radical (unpaired) electrons.